The Balaban J connectivity index is 1.94. The summed E-state index contributed by atoms with van der Waals surface area (Å²) in [4.78, 5) is 12.4. The third-order valence-electron chi connectivity index (χ3n) is 3.94. The minimum atomic E-state index is -3.60. The molecule has 1 N–H and O–H groups in total. The summed E-state index contributed by atoms with van der Waals surface area (Å²) in [5.74, 6) is 0.975. The maximum Gasteiger partial charge on any atom is 0.241 e. The zero-order valence-electron chi connectivity index (χ0n) is 16.5. The van der Waals surface area contributed by atoms with Crippen molar-refractivity contribution in [3.63, 3.8) is 0 Å². The van der Waals surface area contributed by atoms with Gasteiger partial charge in [-0.15, -0.1) is 0 Å². The van der Waals surface area contributed by atoms with Crippen molar-refractivity contribution in [3.8, 4) is 11.5 Å². The Labute approximate surface area is 166 Å². The second-order valence-electron chi connectivity index (χ2n) is 6.56. The van der Waals surface area contributed by atoms with Gasteiger partial charge in [0.1, 0.15) is 24.7 Å². The number of nitrogens with zero attached hydrogens (tertiary/aromatic N) is 1. The van der Waals surface area contributed by atoms with E-state index in [1.165, 1.54) is 0 Å². The van der Waals surface area contributed by atoms with E-state index in [-0.39, 0.29) is 19.2 Å². The summed E-state index contributed by atoms with van der Waals surface area (Å²) in [6.07, 6.45) is 1.08. The molecule has 0 heterocycles. The van der Waals surface area contributed by atoms with Gasteiger partial charge in [-0.25, -0.2) is 8.42 Å². The number of methoxy groups -OCH3 is 1. The van der Waals surface area contributed by atoms with E-state index in [2.05, 4.69) is 5.32 Å². The van der Waals surface area contributed by atoms with E-state index in [9.17, 15) is 13.2 Å². The molecule has 1 atom stereocenters. The maximum atomic E-state index is 12.4. The largest absolute Gasteiger partial charge is 0.497 e. The highest BCUT2D eigenvalue weighted by atomic mass is 32.2. The van der Waals surface area contributed by atoms with Gasteiger partial charge in [0.05, 0.1) is 25.1 Å². The molecule has 2 aromatic rings. The first kappa shape index (κ1) is 21.6. The lowest BCUT2D eigenvalue weighted by Gasteiger charge is -2.23. The highest BCUT2D eigenvalue weighted by Crippen LogP contribution is 2.19. The van der Waals surface area contributed by atoms with Gasteiger partial charge in [0, 0.05) is 0 Å². The fourth-order valence-electron chi connectivity index (χ4n) is 2.57. The molecule has 152 valence electrons. The van der Waals surface area contributed by atoms with Crippen LogP contribution in [0, 0.1) is 6.92 Å². The van der Waals surface area contributed by atoms with Crippen LogP contribution in [0.3, 0.4) is 0 Å². The Morgan fingerprint density at radius 2 is 1.79 bits per heavy atom. The SMILES string of the molecule is COc1ccc(OCC(C)NC(=O)CN(c2cccc(C)c2)S(C)(=O)=O)cc1. The van der Waals surface area contributed by atoms with Crippen LogP contribution < -0.4 is 19.1 Å². The number of ether oxygens (including phenoxy) is 2. The van der Waals surface area contributed by atoms with E-state index in [4.69, 9.17) is 9.47 Å². The van der Waals surface area contributed by atoms with Crippen molar-refractivity contribution in [1.29, 1.82) is 0 Å². The van der Waals surface area contributed by atoms with Crippen molar-refractivity contribution < 1.29 is 22.7 Å². The molecule has 0 fully saturated rings. The smallest absolute Gasteiger partial charge is 0.241 e. The van der Waals surface area contributed by atoms with Crippen molar-refractivity contribution in [2.45, 2.75) is 19.9 Å². The van der Waals surface area contributed by atoms with Crippen LogP contribution in [0.25, 0.3) is 0 Å². The lowest BCUT2D eigenvalue weighted by Crippen LogP contribution is -2.44. The van der Waals surface area contributed by atoms with Crippen LogP contribution in [-0.4, -0.2) is 46.9 Å². The lowest BCUT2D eigenvalue weighted by atomic mass is 10.2. The first-order chi connectivity index (χ1) is 13.2. The van der Waals surface area contributed by atoms with Gasteiger partial charge in [-0.2, -0.15) is 0 Å². The first-order valence-electron chi connectivity index (χ1n) is 8.79. The highest BCUT2D eigenvalue weighted by molar-refractivity contribution is 7.92. The summed E-state index contributed by atoms with van der Waals surface area (Å²) in [5, 5.41) is 2.76. The molecule has 0 aromatic heterocycles. The number of carbonyl (C=O) groups excluding carboxylic acids is 1. The summed E-state index contributed by atoms with van der Waals surface area (Å²) in [7, 11) is -2.01. The number of hydrogen-bond acceptors (Lipinski definition) is 5. The predicted molar refractivity (Wildman–Crippen MR) is 109 cm³/mol. The normalized spacial score (nSPS) is 12.1. The zero-order chi connectivity index (χ0) is 20.7. The number of benzene rings is 2. The Bertz CT molecular complexity index is 897. The average Bonchev–Trinajstić information content (AvgIpc) is 2.64. The van der Waals surface area contributed by atoms with Crippen LogP contribution in [0.4, 0.5) is 5.69 Å². The zero-order valence-corrected chi connectivity index (χ0v) is 17.3. The van der Waals surface area contributed by atoms with E-state index in [0.29, 0.717) is 11.4 Å². The maximum absolute atomic E-state index is 12.4. The molecule has 0 aliphatic carbocycles. The molecule has 0 aliphatic rings. The summed E-state index contributed by atoms with van der Waals surface area (Å²) in [5.41, 5.74) is 1.37. The summed E-state index contributed by atoms with van der Waals surface area (Å²) >= 11 is 0. The lowest BCUT2D eigenvalue weighted by molar-refractivity contribution is -0.120. The topological polar surface area (TPSA) is 84.9 Å². The number of aryl methyl sites for hydroxylation is 1. The second-order valence-corrected chi connectivity index (χ2v) is 8.47. The van der Waals surface area contributed by atoms with Gasteiger partial charge in [0.25, 0.3) is 0 Å². The minimum absolute atomic E-state index is 0.251. The molecule has 7 nitrogen and oxygen atoms in total. The number of anilines is 1. The third-order valence-corrected chi connectivity index (χ3v) is 5.08. The van der Waals surface area contributed by atoms with Crippen molar-refractivity contribution in [1.82, 2.24) is 5.32 Å². The Kier molecular flexibility index (Phi) is 7.28. The van der Waals surface area contributed by atoms with E-state index in [1.807, 2.05) is 13.0 Å². The number of hydrogen-bond donors (Lipinski definition) is 1. The van der Waals surface area contributed by atoms with E-state index < -0.39 is 15.9 Å². The molecule has 2 rings (SSSR count). The van der Waals surface area contributed by atoms with Crippen molar-refractivity contribution in [2.75, 3.05) is 30.8 Å². The first-order valence-corrected chi connectivity index (χ1v) is 10.6. The monoisotopic (exact) mass is 406 g/mol. The van der Waals surface area contributed by atoms with Crippen molar-refractivity contribution in [2.24, 2.45) is 0 Å². The molecule has 8 heteroatoms. The average molecular weight is 407 g/mol. The molecule has 1 amide bonds. The fraction of sp³-hybridized carbons (Fsp3) is 0.350. The molecule has 0 spiro atoms. The van der Waals surface area contributed by atoms with Gasteiger partial charge < -0.3 is 14.8 Å². The van der Waals surface area contributed by atoms with Crippen LogP contribution >= 0.6 is 0 Å². The minimum Gasteiger partial charge on any atom is -0.497 e. The van der Waals surface area contributed by atoms with Crippen molar-refractivity contribution >= 4 is 21.6 Å². The summed E-state index contributed by atoms with van der Waals surface area (Å²) < 4.78 is 36.1. The quantitative estimate of drug-likeness (QED) is 0.691. The number of carbonyl (C=O) groups is 1. The second kappa shape index (κ2) is 9.45. The third kappa shape index (κ3) is 6.45. The Morgan fingerprint density at radius 1 is 1.14 bits per heavy atom. The summed E-state index contributed by atoms with van der Waals surface area (Å²) in [6, 6.07) is 13.8. The standard InChI is InChI=1S/C20H26N2O5S/c1-15-6-5-7-17(12-15)22(28(4,24)25)13-20(23)21-16(2)14-27-19-10-8-18(26-3)9-11-19/h5-12,16H,13-14H2,1-4H3,(H,21,23). The molecular weight excluding hydrogens is 380 g/mol. The Hall–Kier alpha value is -2.74. The molecule has 1 unspecified atom stereocenters. The van der Waals surface area contributed by atoms with Gasteiger partial charge in [0.2, 0.25) is 15.9 Å². The van der Waals surface area contributed by atoms with Crippen LogP contribution in [-0.2, 0) is 14.8 Å². The van der Waals surface area contributed by atoms with Gasteiger partial charge in [-0.05, 0) is 55.8 Å². The van der Waals surface area contributed by atoms with E-state index in [0.717, 1.165) is 21.9 Å². The van der Waals surface area contributed by atoms with Crippen LogP contribution in [0.1, 0.15) is 12.5 Å². The Morgan fingerprint density at radius 3 is 2.36 bits per heavy atom. The van der Waals surface area contributed by atoms with E-state index in [1.54, 1.807) is 56.5 Å². The molecule has 28 heavy (non-hydrogen) atoms. The van der Waals surface area contributed by atoms with Crippen LogP contribution in [0.5, 0.6) is 11.5 Å². The molecule has 0 saturated heterocycles. The highest BCUT2D eigenvalue weighted by Gasteiger charge is 2.21. The molecule has 0 saturated carbocycles. The molecule has 2 aromatic carbocycles. The molecule has 0 aliphatic heterocycles. The van der Waals surface area contributed by atoms with Gasteiger partial charge in [-0.1, -0.05) is 12.1 Å². The number of nitrogens with one attached hydrogen (secondary N) is 1. The number of amides is 1. The van der Waals surface area contributed by atoms with Gasteiger partial charge >= 0.3 is 0 Å². The van der Waals surface area contributed by atoms with Crippen molar-refractivity contribution in [3.05, 3.63) is 54.1 Å². The van der Waals surface area contributed by atoms with Crippen LogP contribution in [0.15, 0.2) is 48.5 Å². The van der Waals surface area contributed by atoms with E-state index >= 15 is 0 Å². The molecular formula is C20H26N2O5S. The van der Waals surface area contributed by atoms with Crippen LogP contribution in [0.2, 0.25) is 0 Å². The number of rotatable bonds is 9. The van der Waals surface area contributed by atoms with Gasteiger partial charge in [-0.3, -0.25) is 9.10 Å². The molecule has 0 radical (unpaired) electrons. The fourth-order valence-corrected chi connectivity index (χ4v) is 3.42. The molecule has 0 bridgehead atoms. The summed E-state index contributed by atoms with van der Waals surface area (Å²) in [6.45, 7) is 3.61. The van der Waals surface area contributed by atoms with Gasteiger partial charge in [0.15, 0.2) is 0 Å². The number of sulfonamides is 1. The predicted octanol–water partition coefficient (Wildman–Crippen LogP) is 2.35.